The zero-order valence-corrected chi connectivity index (χ0v) is 12.0. The second kappa shape index (κ2) is 4.78. The number of sulfonamides is 1. The lowest BCUT2D eigenvalue weighted by atomic mass is 10.3. The molecule has 19 heavy (non-hydrogen) atoms. The van der Waals surface area contributed by atoms with Gasteiger partial charge < -0.3 is 5.73 Å². The van der Waals surface area contributed by atoms with Crippen molar-refractivity contribution in [2.24, 2.45) is 0 Å². The lowest BCUT2D eigenvalue weighted by Crippen LogP contribution is -2.35. The summed E-state index contributed by atoms with van der Waals surface area (Å²) in [5.74, 6) is -0.309. The van der Waals surface area contributed by atoms with Gasteiger partial charge >= 0.3 is 0 Å². The molecule has 0 aliphatic carbocycles. The van der Waals surface area contributed by atoms with Gasteiger partial charge in [-0.3, -0.25) is 0 Å². The molecule has 1 aliphatic rings. The molecule has 0 spiro atoms. The quantitative estimate of drug-likeness (QED) is 0.789. The van der Waals surface area contributed by atoms with Crippen LogP contribution in [0.4, 0.5) is 5.69 Å². The highest BCUT2D eigenvalue weighted by Crippen LogP contribution is 2.27. The van der Waals surface area contributed by atoms with Crippen molar-refractivity contribution in [3.63, 3.8) is 0 Å². The summed E-state index contributed by atoms with van der Waals surface area (Å²) in [6.07, 6.45) is 1.28. The molecule has 0 radical (unpaired) electrons. The summed E-state index contributed by atoms with van der Waals surface area (Å²) in [6.45, 7) is 0. The molecule has 0 saturated carbocycles. The summed E-state index contributed by atoms with van der Waals surface area (Å²) < 4.78 is 49.0. The van der Waals surface area contributed by atoms with Gasteiger partial charge in [0.05, 0.1) is 22.5 Å². The van der Waals surface area contributed by atoms with Gasteiger partial charge in [0.15, 0.2) is 9.84 Å². The van der Waals surface area contributed by atoms with Gasteiger partial charge in [0, 0.05) is 5.41 Å². The second-order valence-corrected chi connectivity index (χ2v) is 8.03. The molecule has 0 fully saturated rings. The van der Waals surface area contributed by atoms with Gasteiger partial charge in [-0.15, -0.1) is 0 Å². The summed E-state index contributed by atoms with van der Waals surface area (Å²) in [4.78, 5) is -0.241. The third-order valence-electron chi connectivity index (χ3n) is 2.50. The zero-order chi connectivity index (χ0) is 14.3. The van der Waals surface area contributed by atoms with Gasteiger partial charge in [0.1, 0.15) is 4.90 Å². The van der Waals surface area contributed by atoms with E-state index in [1.807, 2.05) is 0 Å². The third kappa shape index (κ3) is 3.08. The smallest absolute Gasteiger partial charge is 0.244 e. The minimum absolute atomic E-state index is 0.00448. The normalized spacial score (nSPS) is 21.6. The van der Waals surface area contributed by atoms with Crippen LogP contribution >= 0.6 is 11.6 Å². The maximum atomic E-state index is 12.1. The van der Waals surface area contributed by atoms with Crippen molar-refractivity contribution in [1.82, 2.24) is 4.72 Å². The average Bonchev–Trinajstić information content (AvgIpc) is 2.56. The van der Waals surface area contributed by atoms with E-state index >= 15 is 0 Å². The summed E-state index contributed by atoms with van der Waals surface area (Å²) in [6, 6.07) is 3.51. The Bertz CT molecular complexity index is 721. The van der Waals surface area contributed by atoms with Crippen molar-refractivity contribution in [3.8, 4) is 0 Å². The average molecular weight is 323 g/mol. The van der Waals surface area contributed by atoms with E-state index in [2.05, 4.69) is 4.72 Å². The fourth-order valence-corrected chi connectivity index (χ4v) is 4.93. The highest BCUT2D eigenvalue weighted by atomic mass is 35.5. The molecule has 2 rings (SSSR count). The molecule has 0 aromatic heterocycles. The number of anilines is 1. The van der Waals surface area contributed by atoms with Crippen LogP contribution in [0.3, 0.4) is 0 Å². The Morgan fingerprint density at radius 3 is 2.58 bits per heavy atom. The Kier molecular flexibility index (Phi) is 3.61. The molecular formula is C10H11ClN2O4S2. The monoisotopic (exact) mass is 322 g/mol. The van der Waals surface area contributed by atoms with Crippen LogP contribution in [0.5, 0.6) is 0 Å². The van der Waals surface area contributed by atoms with Crippen molar-refractivity contribution in [3.05, 3.63) is 34.7 Å². The van der Waals surface area contributed by atoms with E-state index in [0.29, 0.717) is 0 Å². The number of hydrogen-bond donors (Lipinski definition) is 2. The number of halogens is 1. The first-order valence-electron chi connectivity index (χ1n) is 5.18. The van der Waals surface area contributed by atoms with Crippen molar-refractivity contribution in [2.45, 2.75) is 10.9 Å². The number of nitrogen functional groups attached to an aromatic ring is 1. The van der Waals surface area contributed by atoms with Gasteiger partial charge in [-0.25, -0.2) is 21.6 Å². The Morgan fingerprint density at radius 1 is 1.37 bits per heavy atom. The van der Waals surface area contributed by atoms with Crippen LogP contribution in [-0.2, 0) is 19.9 Å². The fraction of sp³-hybridized carbons (Fsp3) is 0.200. The van der Waals surface area contributed by atoms with Crippen LogP contribution in [0.2, 0.25) is 5.02 Å². The van der Waals surface area contributed by atoms with E-state index in [-0.39, 0.29) is 21.4 Å². The topological polar surface area (TPSA) is 106 Å². The number of nitrogens with one attached hydrogen (secondary N) is 1. The lowest BCUT2D eigenvalue weighted by Gasteiger charge is -2.13. The largest absolute Gasteiger partial charge is 0.398 e. The zero-order valence-electron chi connectivity index (χ0n) is 9.58. The Balaban J connectivity index is 2.33. The molecule has 1 aliphatic heterocycles. The van der Waals surface area contributed by atoms with Crippen LogP contribution in [0.25, 0.3) is 0 Å². The standard InChI is InChI=1S/C10H11ClN2O4S2/c11-8-2-1-3-9(12)10(8)19(16,17)13-7-4-5-18(14,15)6-7/h1-5,7,13H,6,12H2. The fourth-order valence-electron chi connectivity index (χ4n) is 1.72. The molecule has 0 bridgehead atoms. The van der Waals surface area contributed by atoms with Gasteiger partial charge in [0.2, 0.25) is 10.0 Å². The molecule has 0 saturated heterocycles. The Labute approximate surface area is 116 Å². The lowest BCUT2D eigenvalue weighted by molar-refractivity contribution is 0.575. The Hall–Kier alpha value is -1.09. The number of benzene rings is 1. The molecule has 3 N–H and O–H groups in total. The molecule has 6 nitrogen and oxygen atoms in total. The van der Waals surface area contributed by atoms with E-state index in [0.717, 1.165) is 5.41 Å². The number of sulfone groups is 1. The second-order valence-electron chi connectivity index (χ2n) is 4.04. The molecule has 1 heterocycles. The SMILES string of the molecule is Nc1cccc(Cl)c1S(=O)(=O)NC1C=CS(=O)(=O)C1. The van der Waals surface area contributed by atoms with Crippen molar-refractivity contribution in [1.29, 1.82) is 0 Å². The predicted molar refractivity (Wildman–Crippen MR) is 72.9 cm³/mol. The minimum atomic E-state index is -3.98. The molecule has 104 valence electrons. The summed E-state index contributed by atoms with van der Waals surface area (Å²) in [5.41, 5.74) is 5.60. The van der Waals surface area contributed by atoms with Gasteiger partial charge in [-0.2, -0.15) is 0 Å². The van der Waals surface area contributed by atoms with Crippen molar-refractivity contribution >= 4 is 37.1 Å². The van der Waals surface area contributed by atoms with E-state index in [1.54, 1.807) is 0 Å². The van der Waals surface area contributed by atoms with E-state index in [1.165, 1.54) is 24.3 Å². The number of rotatable bonds is 3. The molecule has 1 unspecified atom stereocenters. The maximum Gasteiger partial charge on any atom is 0.244 e. The Morgan fingerprint density at radius 2 is 2.05 bits per heavy atom. The van der Waals surface area contributed by atoms with E-state index in [9.17, 15) is 16.8 Å². The van der Waals surface area contributed by atoms with Crippen LogP contribution in [0.1, 0.15) is 0 Å². The molecular weight excluding hydrogens is 312 g/mol. The molecule has 0 amide bonds. The summed E-state index contributed by atoms with van der Waals surface area (Å²) in [7, 11) is -7.32. The molecule has 9 heteroatoms. The highest BCUT2D eigenvalue weighted by molar-refractivity contribution is 7.94. The first-order chi connectivity index (χ1) is 8.71. The first-order valence-corrected chi connectivity index (χ1v) is 8.76. The molecule has 1 atom stereocenters. The molecule has 1 aromatic rings. The van der Waals surface area contributed by atoms with E-state index in [4.69, 9.17) is 17.3 Å². The third-order valence-corrected chi connectivity index (χ3v) is 5.93. The van der Waals surface area contributed by atoms with Crippen molar-refractivity contribution in [2.75, 3.05) is 11.5 Å². The first kappa shape index (κ1) is 14.3. The van der Waals surface area contributed by atoms with Crippen molar-refractivity contribution < 1.29 is 16.8 Å². The summed E-state index contributed by atoms with van der Waals surface area (Å²) in [5, 5.41) is 0.966. The van der Waals surface area contributed by atoms with Crippen LogP contribution < -0.4 is 10.5 Å². The predicted octanol–water partition coefficient (Wildman–Crippen LogP) is 0.511. The minimum Gasteiger partial charge on any atom is -0.398 e. The van der Waals surface area contributed by atoms with E-state index < -0.39 is 25.9 Å². The highest BCUT2D eigenvalue weighted by Gasteiger charge is 2.29. The molecule has 1 aromatic carbocycles. The van der Waals surface area contributed by atoms with Gasteiger partial charge in [0.25, 0.3) is 0 Å². The summed E-state index contributed by atoms with van der Waals surface area (Å²) >= 11 is 5.82. The number of hydrogen-bond acceptors (Lipinski definition) is 5. The van der Waals surface area contributed by atoms with Crippen LogP contribution in [-0.4, -0.2) is 28.6 Å². The van der Waals surface area contributed by atoms with Gasteiger partial charge in [-0.05, 0) is 12.1 Å². The number of nitrogens with two attached hydrogens (primary N) is 1. The van der Waals surface area contributed by atoms with Gasteiger partial charge in [-0.1, -0.05) is 23.7 Å². The van der Waals surface area contributed by atoms with Crippen LogP contribution in [0, 0.1) is 0 Å². The van der Waals surface area contributed by atoms with Crippen LogP contribution in [0.15, 0.2) is 34.6 Å². The maximum absolute atomic E-state index is 12.1.